The molecule has 1 aromatic heterocycles. The van der Waals surface area contributed by atoms with Gasteiger partial charge >= 0.3 is 0 Å². The molecule has 4 heteroatoms. The minimum Gasteiger partial charge on any atom is -0.283 e. The van der Waals surface area contributed by atoms with Gasteiger partial charge < -0.3 is 0 Å². The second-order valence-electron chi connectivity index (χ2n) is 3.92. The highest BCUT2D eigenvalue weighted by molar-refractivity contribution is 14.1. The Balaban J connectivity index is 2.41. The summed E-state index contributed by atoms with van der Waals surface area (Å²) in [6, 6.07) is 17.6. The van der Waals surface area contributed by atoms with Crippen molar-refractivity contribution >= 4 is 33.5 Å². The van der Waals surface area contributed by atoms with Gasteiger partial charge in [-0.2, -0.15) is 0 Å². The van der Waals surface area contributed by atoms with E-state index in [9.17, 15) is 0 Å². The lowest BCUT2D eigenvalue weighted by Crippen LogP contribution is -2.22. The molecule has 0 atom stereocenters. The average Bonchev–Trinajstić information content (AvgIpc) is 2.40. The summed E-state index contributed by atoms with van der Waals surface area (Å²) in [7, 11) is 0. The van der Waals surface area contributed by atoms with Crippen LogP contribution in [0, 0.1) is 9.24 Å². The first-order valence-corrected chi connectivity index (χ1v) is 6.62. The number of nitrogens with zero attached hydrogens (tertiary/aromatic N) is 2. The highest BCUT2D eigenvalue weighted by atomic mass is 127. The molecule has 0 aliphatic carbocycles. The molecule has 0 unspecified atom stereocenters. The Bertz CT molecular complexity index is 763. The summed E-state index contributed by atoms with van der Waals surface area (Å²) in [6.07, 6.45) is 0. The van der Waals surface area contributed by atoms with Gasteiger partial charge in [0.15, 0.2) is 3.83 Å². The zero-order chi connectivity index (χ0) is 12.5. The Morgan fingerprint density at radius 3 is 2.39 bits per heavy atom. The van der Waals surface area contributed by atoms with Crippen molar-refractivity contribution in [3.8, 4) is 5.69 Å². The van der Waals surface area contributed by atoms with Gasteiger partial charge in [0.05, 0.1) is 5.52 Å². The van der Waals surface area contributed by atoms with E-state index < -0.39 is 0 Å². The van der Waals surface area contributed by atoms with Crippen LogP contribution < -0.4 is 5.49 Å². The number of nitrogens with one attached hydrogen (secondary N) is 1. The van der Waals surface area contributed by atoms with Gasteiger partial charge in [-0.1, -0.05) is 30.3 Å². The molecule has 88 valence electrons. The molecule has 3 rings (SSSR count). The van der Waals surface area contributed by atoms with Gasteiger partial charge in [0.2, 0.25) is 0 Å². The van der Waals surface area contributed by atoms with Crippen LogP contribution in [-0.2, 0) is 0 Å². The molecule has 0 saturated heterocycles. The zero-order valence-corrected chi connectivity index (χ0v) is 11.6. The van der Waals surface area contributed by atoms with Crippen LogP contribution in [0.15, 0.2) is 54.6 Å². The molecule has 1 N–H and O–H groups in total. The summed E-state index contributed by atoms with van der Waals surface area (Å²) in [5.74, 6) is 0. The summed E-state index contributed by atoms with van der Waals surface area (Å²) in [4.78, 5) is 4.54. The molecule has 18 heavy (non-hydrogen) atoms. The Kier molecular flexibility index (Phi) is 2.87. The van der Waals surface area contributed by atoms with Crippen LogP contribution in [0.2, 0.25) is 0 Å². The van der Waals surface area contributed by atoms with Crippen molar-refractivity contribution in [1.82, 2.24) is 9.55 Å². The predicted octanol–water partition coefficient (Wildman–Crippen LogP) is 3.11. The summed E-state index contributed by atoms with van der Waals surface area (Å²) in [5.41, 5.74) is 2.29. The van der Waals surface area contributed by atoms with Crippen molar-refractivity contribution < 1.29 is 0 Å². The van der Waals surface area contributed by atoms with Crippen LogP contribution >= 0.6 is 22.6 Å². The smallest absolute Gasteiger partial charge is 0.178 e. The Hall–Kier alpha value is -1.69. The third kappa shape index (κ3) is 1.82. The fraction of sp³-hybridized carbons (Fsp3) is 0. The minimum atomic E-state index is 0.469. The third-order valence-electron chi connectivity index (χ3n) is 2.79. The monoisotopic (exact) mass is 347 g/mol. The first kappa shape index (κ1) is 11.4. The van der Waals surface area contributed by atoms with E-state index in [1.807, 2.05) is 59.2 Å². The van der Waals surface area contributed by atoms with Gasteiger partial charge in [-0.3, -0.25) is 9.98 Å². The molecule has 0 spiro atoms. The Morgan fingerprint density at radius 2 is 1.61 bits per heavy atom. The van der Waals surface area contributed by atoms with Crippen molar-refractivity contribution in [2.45, 2.75) is 0 Å². The second-order valence-corrected chi connectivity index (χ2v) is 4.88. The van der Waals surface area contributed by atoms with E-state index in [4.69, 9.17) is 5.41 Å². The Labute approximate surface area is 118 Å². The number of aromatic nitrogens is 2. The van der Waals surface area contributed by atoms with E-state index in [2.05, 4.69) is 27.6 Å². The number of rotatable bonds is 1. The van der Waals surface area contributed by atoms with E-state index in [0.29, 0.717) is 5.49 Å². The SMILES string of the molecule is N=c1c2ccccc2nc(I)n1-c1ccccc1. The lowest BCUT2D eigenvalue weighted by Gasteiger charge is -2.11. The largest absolute Gasteiger partial charge is 0.283 e. The predicted molar refractivity (Wildman–Crippen MR) is 79.6 cm³/mol. The topological polar surface area (TPSA) is 41.7 Å². The lowest BCUT2D eigenvalue weighted by atomic mass is 10.2. The van der Waals surface area contributed by atoms with Crippen molar-refractivity contribution in [2.24, 2.45) is 0 Å². The molecule has 1 heterocycles. The first-order chi connectivity index (χ1) is 8.77. The van der Waals surface area contributed by atoms with Gasteiger partial charge in [-0.15, -0.1) is 0 Å². The molecule has 0 aliphatic heterocycles. The van der Waals surface area contributed by atoms with Crippen molar-refractivity contribution in [1.29, 1.82) is 5.41 Å². The molecular formula is C14H10IN3. The number of halogens is 1. The number of hydrogen-bond acceptors (Lipinski definition) is 2. The lowest BCUT2D eigenvalue weighted by molar-refractivity contribution is 0.875. The molecular weight excluding hydrogens is 337 g/mol. The molecule has 0 bridgehead atoms. The molecule has 3 nitrogen and oxygen atoms in total. The molecule has 2 aromatic carbocycles. The van der Waals surface area contributed by atoms with Crippen LogP contribution in [0.3, 0.4) is 0 Å². The quantitative estimate of drug-likeness (QED) is 0.533. The third-order valence-corrected chi connectivity index (χ3v) is 3.52. The minimum absolute atomic E-state index is 0.469. The van der Waals surface area contributed by atoms with E-state index in [1.165, 1.54) is 0 Å². The summed E-state index contributed by atoms with van der Waals surface area (Å²) in [6.45, 7) is 0. The van der Waals surface area contributed by atoms with E-state index in [-0.39, 0.29) is 0 Å². The van der Waals surface area contributed by atoms with Gasteiger partial charge in [0.1, 0.15) is 5.49 Å². The van der Waals surface area contributed by atoms with Crippen LogP contribution in [0.5, 0.6) is 0 Å². The van der Waals surface area contributed by atoms with E-state index >= 15 is 0 Å². The molecule has 0 amide bonds. The van der Waals surface area contributed by atoms with Crippen molar-refractivity contribution in [3.05, 3.63) is 63.9 Å². The van der Waals surface area contributed by atoms with Gasteiger partial charge in [-0.25, -0.2) is 4.98 Å². The number of fused-ring (bicyclic) bond motifs is 1. The zero-order valence-electron chi connectivity index (χ0n) is 9.47. The highest BCUT2D eigenvalue weighted by Gasteiger charge is 2.07. The maximum atomic E-state index is 8.34. The summed E-state index contributed by atoms with van der Waals surface area (Å²) in [5, 5.41) is 9.20. The van der Waals surface area contributed by atoms with Gasteiger partial charge in [-0.05, 0) is 24.3 Å². The first-order valence-electron chi connectivity index (χ1n) is 5.55. The Morgan fingerprint density at radius 1 is 0.944 bits per heavy atom. The highest BCUT2D eigenvalue weighted by Crippen LogP contribution is 2.13. The van der Waals surface area contributed by atoms with Crippen LogP contribution in [0.4, 0.5) is 0 Å². The maximum Gasteiger partial charge on any atom is 0.178 e. The van der Waals surface area contributed by atoms with E-state index in [1.54, 1.807) is 0 Å². The summed E-state index contributed by atoms with van der Waals surface area (Å²) >= 11 is 2.17. The molecule has 3 aromatic rings. The molecule has 0 aliphatic rings. The second kappa shape index (κ2) is 4.53. The van der Waals surface area contributed by atoms with Gasteiger partial charge in [0, 0.05) is 33.7 Å². The number of para-hydroxylation sites is 2. The van der Waals surface area contributed by atoms with Crippen molar-refractivity contribution in [2.75, 3.05) is 0 Å². The fourth-order valence-electron chi connectivity index (χ4n) is 1.95. The number of hydrogen-bond donors (Lipinski definition) is 1. The van der Waals surface area contributed by atoms with Crippen LogP contribution in [-0.4, -0.2) is 9.55 Å². The van der Waals surface area contributed by atoms with Crippen molar-refractivity contribution in [3.63, 3.8) is 0 Å². The summed E-state index contributed by atoms with van der Waals surface area (Å²) < 4.78 is 2.64. The average molecular weight is 347 g/mol. The van der Waals surface area contributed by atoms with E-state index in [0.717, 1.165) is 20.4 Å². The van der Waals surface area contributed by atoms with Gasteiger partial charge in [0.25, 0.3) is 0 Å². The van der Waals surface area contributed by atoms with Crippen LogP contribution in [0.25, 0.3) is 16.6 Å². The molecule has 0 saturated carbocycles. The fourth-order valence-corrected chi connectivity index (χ4v) is 2.73. The molecule has 0 radical (unpaired) electrons. The normalized spacial score (nSPS) is 10.7. The number of benzene rings is 2. The molecule has 0 fully saturated rings. The maximum absolute atomic E-state index is 8.34. The van der Waals surface area contributed by atoms with Crippen LogP contribution in [0.1, 0.15) is 0 Å². The standard InChI is InChI=1S/C14H10IN3/c15-14-17-12-9-5-4-8-11(12)13(16)18(14)10-6-2-1-3-7-10/h1-9,16H.